The van der Waals surface area contributed by atoms with E-state index in [0.717, 1.165) is 24.1 Å². The van der Waals surface area contributed by atoms with Crippen molar-refractivity contribution in [3.63, 3.8) is 0 Å². The van der Waals surface area contributed by atoms with Crippen LogP contribution in [0.3, 0.4) is 0 Å². The molecule has 2 N–H and O–H groups in total. The summed E-state index contributed by atoms with van der Waals surface area (Å²) < 4.78 is 6.38. The van der Waals surface area contributed by atoms with E-state index in [9.17, 15) is 14.7 Å². The van der Waals surface area contributed by atoms with Gasteiger partial charge in [-0.25, -0.2) is 4.79 Å². The van der Waals surface area contributed by atoms with Gasteiger partial charge in [0.15, 0.2) is 5.69 Å². The number of fused-ring (bicyclic) bond motifs is 1. The SMILES string of the molecule is CCn1nc(C(=O)O)c2c1CCC(NCCC(=O)OC)C2. The molecule has 0 spiro atoms. The Morgan fingerprint density at radius 3 is 2.90 bits per heavy atom. The highest BCUT2D eigenvalue weighted by molar-refractivity contribution is 5.87. The van der Waals surface area contributed by atoms with Gasteiger partial charge < -0.3 is 15.2 Å². The smallest absolute Gasteiger partial charge is 0.356 e. The number of hydrogen-bond donors (Lipinski definition) is 2. The molecular weight excluding hydrogens is 274 g/mol. The lowest BCUT2D eigenvalue weighted by molar-refractivity contribution is -0.140. The second kappa shape index (κ2) is 6.71. The first kappa shape index (κ1) is 15.5. The molecule has 1 aromatic heterocycles. The highest BCUT2D eigenvalue weighted by atomic mass is 16.5. The van der Waals surface area contributed by atoms with Crippen molar-refractivity contribution in [1.82, 2.24) is 15.1 Å². The number of aromatic nitrogens is 2. The molecule has 1 heterocycles. The van der Waals surface area contributed by atoms with Crippen molar-refractivity contribution in [3.05, 3.63) is 17.0 Å². The van der Waals surface area contributed by atoms with Gasteiger partial charge >= 0.3 is 11.9 Å². The maximum absolute atomic E-state index is 11.3. The summed E-state index contributed by atoms with van der Waals surface area (Å²) in [6, 6.07) is 0.176. The number of carboxylic acid groups (broad SMARTS) is 1. The van der Waals surface area contributed by atoms with E-state index < -0.39 is 5.97 Å². The number of carbonyl (C=O) groups is 2. The number of aryl methyl sites for hydroxylation is 1. The Balaban J connectivity index is 2.03. The van der Waals surface area contributed by atoms with E-state index in [0.29, 0.717) is 25.9 Å². The molecule has 1 unspecified atom stereocenters. The molecule has 2 rings (SSSR count). The number of methoxy groups -OCH3 is 1. The number of hydrogen-bond acceptors (Lipinski definition) is 5. The van der Waals surface area contributed by atoms with Crippen molar-refractivity contribution in [1.29, 1.82) is 0 Å². The van der Waals surface area contributed by atoms with E-state index in [1.54, 1.807) is 4.68 Å². The normalized spacial score (nSPS) is 17.3. The quantitative estimate of drug-likeness (QED) is 0.747. The predicted molar refractivity (Wildman–Crippen MR) is 75.3 cm³/mol. The lowest BCUT2D eigenvalue weighted by Gasteiger charge is -2.24. The number of nitrogens with zero attached hydrogens (tertiary/aromatic N) is 2. The third kappa shape index (κ3) is 3.41. The van der Waals surface area contributed by atoms with E-state index in [1.807, 2.05) is 6.92 Å². The number of carbonyl (C=O) groups excluding carboxylic acids is 1. The van der Waals surface area contributed by atoms with Crippen molar-refractivity contribution in [2.75, 3.05) is 13.7 Å². The topological polar surface area (TPSA) is 93.5 Å². The van der Waals surface area contributed by atoms with E-state index in [-0.39, 0.29) is 17.7 Å². The fourth-order valence-corrected chi connectivity index (χ4v) is 2.78. The second-order valence-electron chi connectivity index (χ2n) is 5.11. The molecule has 1 aliphatic rings. The molecule has 0 aliphatic heterocycles. The van der Waals surface area contributed by atoms with E-state index in [4.69, 9.17) is 0 Å². The summed E-state index contributed by atoms with van der Waals surface area (Å²) in [5, 5.41) is 16.7. The monoisotopic (exact) mass is 295 g/mol. The summed E-state index contributed by atoms with van der Waals surface area (Å²) in [7, 11) is 1.37. The third-order valence-electron chi connectivity index (χ3n) is 3.84. The van der Waals surface area contributed by atoms with Crippen LogP contribution in [0, 0.1) is 0 Å². The van der Waals surface area contributed by atoms with Gasteiger partial charge in [0.05, 0.1) is 13.5 Å². The molecule has 1 aliphatic carbocycles. The van der Waals surface area contributed by atoms with Gasteiger partial charge in [0.1, 0.15) is 0 Å². The number of ether oxygens (including phenoxy) is 1. The summed E-state index contributed by atoms with van der Waals surface area (Å²) in [5.74, 6) is -1.22. The highest BCUT2D eigenvalue weighted by Gasteiger charge is 2.28. The van der Waals surface area contributed by atoms with Crippen LogP contribution in [0.1, 0.15) is 41.5 Å². The number of rotatable bonds is 6. The fraction of sp³-hybridized carbons (Fsp3) is 0.643. The van der Waals surface area contributed by atoms with Gasteiger partial charge in [-0.05, 0) is 26.2 Å². The Hall–Kier alpha value is -1.89. The molecule has 0 saturated carbocycles. The molecule has 116 valence electrons. The van der Waals surface area contributed by atoms with Gasteiger partial charge in [0.2, 0.25) is 0 Å². The van der Waals surface area contributed by atoms with Crippen molar-refractivity contribution >= 4 is 11.9 Å². The van der Waals surface area contributed by atoms with Crippen molar-refractivity contribution in [2.24, 2.45) is 0 Å². The molecule has 7 heteroatoms. The first-order chi connectivity index (χ1) is 10.1. The summed E-state index contributed by atoms with van der Waals surface area (Å²) >= 11 is 0. The van der Waals surface area contributed by atoms with E-state index in [2.05, 4.69) is 15.2 Å². The van der Waals surface area contributed by atoms with Gasteiger partial charge in [-0.1, -0.05) is 0 Å². The molecule has 0 bridgehead atoms. The molecule has 1 aromatic rings. The summed E-state index contributed by atoms with van der Waals surface area (Å²) in [6.45, 7) is 3.17. The summed E-state index contributed by atoms with van der Waals surface area (Å²) in [5.41, 5.74) is 2.01. The fourth-order valence-electron chi connectivity index (χ4n) is 2.78. The molecule has 0 saturated heterocycles. The van der Waals surface area contributed by atoms with Crippen LogP contribution in [-0.4, -0.2) is 46.5 Å². The number of aromatic carboxylic acids is 1. The van der Waals surface area contributed by atoms with Gasteiger partial charge in [-0.15, -0.1) is 0 Å². The lowest BCUT2D eigenvalue weighted by Crippen LogP contribution is -2.36. The minimum atomic E-state index is -0.978. The number of nitrogens with one attached hydrogen (secondary N) is 1. The van der Waals surface area contributed by atoms with Crippen LogP contribution >= 0.6 is 0 Å². The molecule has 1 atom stereocenters. The van der Waals surface area contributed by atoms with Gasteiger partial charge in [-0.2, -0.15) is 5.10 Å². The minimum absolute atomic E-state index is 0.159. The van der Waals surface area contributed by atoms with Gasteiger partial charge in [-0.3, -0.25) is 9.48 Å². The Bertz CT molecular complexity index is 539. The Kier molecular flexibility index (Phi) is 4.95. The first-order valence-electron chi connectivity index (χ1n) is 7.18. The minimum Gasteiger partial charge on any atom is -0.476 e. The first-order valence-corrected chi connectivity index (χ1v) is 7.18. The van der Waals surface area contributed by atoms with Crippen molar-refractivity contribution in [2.45, 2.75) is 45.2 Å². The van der Waals surface area contributed by atoms with Crippen LogP contribution in [-0.2, 0) is 28.9 Å². The zero-order chi connectivity index (χ0) is 15.4. The van der Waals surface area contributed by atoms with Crippen LogP contribution < -0.4 is 5.32 Å². The Labute approximate surface area is 123 Å². The predicted octanol–water partition coefficient (Wildman–Crippen LogP) is 0.611. The van der Waals surface area contributed by atoms with Crippen molar-refractivity contribution in [3.8, 4) is 0 Å². The van der Waals surface area contributed by atoms with Crippen LogP contribution in [0.4, 0.5) is 0 Å². The van der Waals surface area contributed by atoms with Crippen LogP contribution in [0.2, 0.25) is 0 Å². The maximum Gasteiger partial charge on any atom is 0.356 e. The van der Waals surface area contributed by atoms with Crippen LogP contribution in [0.15, 0.2) is 0 Å². The van der Waals surface area contributed by atoms with E-state index >= 15 is 0 Å². The standard InChI is InChI=1S/C14H21N3O4/c1-3-17-11-5-4-9(15-7-6-12(18)21-2)8-10(11)13(16-17)14(19)20/h9,15H,3-8H2,1-2H3,(H,19,20). The zero-order valence-electron chi connectivity index (χ0n) is 12.4. The molecule has 0 aromatic carbocycles. The number of esters is 1. The molecule has 0 fully saturated rings. The third-order valence-corrected chi connectivity index (χ3v) is 3.84. The van der Waals surface area contributed by atoms with Crippen molar-refractivity contribution < 1.29 is 19.4 Å². The van der Waals surface area contributed by atoms with Crippen LogP contribution in [0.25, 0.3) is 0 Å². The highest BCUT2D eigenvalue weighted by Crippen LogP contribution is 2.25. The second-order valence-corrected chi connectivity index (χ2v) is 5.11. The molecular formula is C14H21N3O4. The van der Waals surface area contributed by atoms with Gasteiger partial charge in [0, 0.05) is 30.4 Å². The Morgan fingerprint density at radius 1 is 1.52 bits per heavy atom. The largest absolute Gasteiger partial charge is 0.476 e. The number of carboxylic acids is 1. The molecule has 0 radical (unpaired) electrons. The van der Waals surface area contributed by atoms with Crippen LogP contribution in [0.5, 0.6) is 0 Å². The average molecular weight is 295 g/mol. The summed E-state index contributed by atoms with van der Waals surface area (Å²) in [4.78, 5) is 22.4. The van der Waals surface area contributed by atoms with E-state index in [1.165, 1.54) is 7.11 Å². The maximum atomic E-state index is 11.3. The van der Waals surface area contributed by atoms with Gasteiger partial charge in [0.25, 0.3) is 0 Å². The zero-order valence-corrected chi connectivity index (χ0v) is 12.4. The Morgan fingerprint density at radius 2 is 2.29 bits per heavy atom. The molecule has 7 nitrogen and oxygen atoms in total. The lowest BCUT2D eigenvalue weighted by atomic mass is 9.91. The average Bonchev–Trinajstić information content (AvgIpc) is 2.85. The molecule has 0 amide bonds. The summed E-state index contributed by atoms with van der Waals surface area (Å²) in [6.07, 6.45) is 2.68. The molecule has 21 heavy (non-hydrogen) atoms.